The molecule has 0 N–H and O–H groups in total. The Hall–Kier alpha value is -1.62. The van der Waals surface area contributed by atoms with Gasteiger partial charge in [0.1, 0.15) is 12.4 Å². The highest BCUT2D eigenvalue weighted by atomic mass is 16.5. The minimum atomic E-state index is -0.363. The summed E-state index contributed by atoms with van der Waals surface area (Å²) in [6.07, 6.45) is 5.48. The Bertz CT molecular complexity index is 436. The average Bonchev–Trinajstić information content (AvgIpc) is 2.82. The van der Waals surface area contributed by atoms with E-state index in [0.717, 1.165) is 13.0 Å². The van der Waals surface area contributed by atoms with Gasteiger partial charge in [-0.25, -0.2) is 4.79 Å². The summed E-state index contributed by atoms with van der Waals surface area (Å²) in [6.45, 7) is 3.89. The van der Waals surface area contributed by atoms with Gasteiger partial charge in [-0.15, -0.1) is 0 Å². The van der Waals surface area contributed by atoms with E-state index in [9.17, 15) is 4.79 Å². The lowest BCUT2D eigenvalue weighted by molar-refractivity contribution is 0.0525. The predicted octanol–water partition coefficient (Wildman–Crippen LogP) is 1.73. The van der Waals surface area contributed by atoms with Crippen molar-refractivity contribution < 1.29 is 14.3 Å². The zero-order valence-corrected chi connectivity index (χ0v) is 11.5. The first kappa shape index (κ1) is 13.8. The Balaban J connectivity index is 1.93. The number of rotatable bonds is 5. The molecule has 104 valence electrons. The predicted molar refractivity (Wildman–Crippen MR) is 71.3 cm³/mol. The standard InChI is InChI=1S/C14H20N2O3/c1-3-18-14(17)11-7-13(9-15-8-11)19-10-12-5-4-6-16(12)2/h7-9,12H,3-6,10H2,1-2H3. The highest BCUT2D eigenvalue weighted by molar-refractivity contribution is 5.89. The Kier molecular flexibility index (Phi) is 4.74. The van der Waals surface area contributed by atoms with Crippen molar-refractivity contribution in [2.24, 2.45) is 0 Å². The van der Waals surface area contributed by atoms with E-state index >= 15 is 0 Å². The van der Waals surface area contributed by atoms with Gasteiger partial charge in [0.05, 0.1) is 18.4 Å². The second-order valence-corrected chi connectivity index (χ2v) is 4.72. The van der Waals surface area contributed by atoms with Crippen LogP contribution < -0.4 is 4.74 Å². The number of ether oxygens (including phenoxy) is 2. The summed E-state index contributed by atoms with van der Waals surface area (Å²) in [6, 6.07) is 2.13. The van der Waals surface area contributed by atoms with Crippen LogP contribution in [-0.2, 0) is 4.74 Å². The number of carbonyl (C=O) groups is 1. The molecule has 19 heavy (non-hydrogen) atoms. The van der Waals surface area contributed by atoms with E-state index in [2.05, 4.69) is 16.9 Å². The molecule has 1 saturated heterocycles. The largest absolute Gasteiger partial charge is 0.490 e. The van der Waals surface area contributed by atoms with Crippen molar-refractivity contribution in [3.05, 3.63) is 24.0 Å². The molecule has 0 spiro atoms. The van der Waals surface area contributed by atoms with Crippen molar-refractivity contribution >= 4 is 5.97 Å². The number of hydrogen-bond acceptors (Lipinski definition) is 5. The number of carbonyl (C=O) groups excluding carboxylic acids is 1. The fourth-order valence-electron chi connectivity index (χ4n) is 2.21. The summed E-state index contributed by atoms with van der Waals surface area (Å²) < 4.78 is 10.7. The quantitative estimate of drug-likeness (QED) is 0.758. The molecule has 2 rings (SSSR count). The van der Waals surface area contributed by atoms with Crippen molar-refractivity contribution in [2.75, 3.05) is 26.8 Å². The number of hydrogen-bond donors (Lipinski definition) is 0. The van der Waals surface area contributed by atoms with Crippen molar-refractivity contribution in [2.45, 2.75) is 25.8 Å². The van der Waals surface area contributed by atoms with Crippen LogP contribution >= 0.6 is 0 Å². The Morgan fingerprint density at radius 1 is 1.53 bits per heavy atom. The van der Waals surface area contributed by atoms with E-state index in [1.54, 1.807) is 19.2 Å². The van der Waals surface area contributed by atoms with E-state index in [1.165, 1.54) is 12.6 Å². The van der Waals surface area contributed by atoms with E-state index in [-0.39, 0.29) is 5.97 Å². The number of likely N-dealkylation sites (tertiary alicyclic amines) is 1. The number of esters is 1. The highest BCUT2D eigenvalue weighted by Crippen LogP contribution is 2.18. The van der Waals surface area contributed by atoms with E-state index in [0.29, 0.717) is 30.6 Å². The molecule has 5 nitrogen and oxygen atoms in total. The van der Waals surface area contributed by atoms with Crippen molar-refractivity contribution in [1.82, 2.24) is 9.88 Å². The molecule has 1 atom stereocenters. The van der Waals surface area contributed by atoms with Gasteiger partial charge in [-0.05, 0) is 39.4 Å². The summed E-state index contributed by atoms with van der Waals surface area (Å²) in [5, 5.41) is 0. The van der Waals surface area contributed by atoms with Crippen LogP contribution in [0.5, 0.6) is 5.75 Å². The van der Waals surface area contributed by atoms with Gasteiger partial charge in [0.25, 0.3) is 0 Å². The van der Waals surface area contributed by atoms with Gasteiger partial charge in [0, 0.05) is 12.2 Å². The molecule has 2 heterocycles. The van der Waals surface area contributed by atoms with Gasteiger partial charge in [0.15, 0.2) is 0 Å². The van der Waals surface area contributed by atoms with Crippen LogP contribution in [0.15, 0.2) is 18.5 Å². The summed E-state index contributed by atoms with van der Waals surface area (Å²) in [5.41, 5.74) is 0.430. The molecule has 0 bridgehead atoms. The summed E-state index contributed by atoms with van der Waals surface area (Å²) in [7, 11) is 2.11. The van der Waals surface area contributed by atoms with Crippen molar-refractivity contribution in [3.8, 4) is 5.75 Å². The highest BCUT2D eigenvalue weighted by Gasteiger charge is 2.21. The Morgan fingerprint density at radius 3 is 3.05 bits per heavy atom. The molecule has 0 aliphatic carbocycles. The zero-order chi connectivity index (χ0) is 13.7. The second kappa shape index (κ2) is 6.52. The molecule has 5 heteroatoms. The maximum atomic E-state index is 11.6. The molecule has 1 aliphatic rings. The van der Waals surface area contributed by atoms with Gasteiger partial charge < -0.3 is 14.4 Å². The SMILES string of the molecule is CCOC(=O)c1cncc(OCC2CCCN2C)c1. The molecule has 0 amide bonds. The van der Waals surface area contributed by atoms with Gasteiger partial charge in [-0.3, -0.25) is 4.98 Å². The fourth-order valence-corrected chi connectivity index (χ4v) is 2.21. The maximum absolute atomic E-state index is 11.6. The lowest BCUT2D eigenvalue weighted by Gasteiger charge is -2.19. The van der Waals surface area contributed by atoms with Crippen LogP contribution in [0.1, 0.15) is 30.1 Å². The molecule has 1 fully saturated rings. The van der Waals surface area contributed by atoms with E-state index in [4.69, 9.17) is 9.47 Å². The first-order valence-corrected chi connectivity index (χ1v) is 6.66. The minimum absolute atomic E-state index is 0.358. The Labute approximate surface area is 113 Å². The molecule has 0 aromatic carbocycles. The third-order valence-corrected chi connectivity index (χ3v) is 3.34. The van der Waals surface area contributed by atoms with E-state index in [1.807, 2.05) is 0 Å². The second-order valence-electron chi connectivity index (χ2n) is 4.72. The fraction of sp³-hybridized carbons (Fsp3) is 0.571. The van der Waals surface area contributed by atoms with Gasteiger partial charge in [0.2, 0.25) is 0 Å². The molecule has 0 radical (unpaired) electrons. The third kappa shape index (κ3) is 3.67. The summed E-state index contributed by atoms with van der Waals surface area (Å²) in [4.78, 5) is 17.9. The maximum Gasteiger partial charge on any atom is 0.339 e. The first-order valence-electron chi connectivity index (χ1n) is 6.66. The van der Waals surface area contributed by atoms with Crippen molar-refractivity contribution in [1.29, 1.82) is 0 Å². The van der Waals surface area contributed by atoms with Crippen LogP contribution in [0.4, 0.5) is 0 Å². The monoisotopic (exact) mass is 264 g/mol. The third-order valence-electron chi connectivity index (χ3n) is 3.34. The Morgan fingerprint density at radius 2 is 2.37 bits per heavy atom. The van der Waals surface area contributed by atoms with Gasteiger partial charge >= 0.3 is 5.97 Å². The number of nitrogens with zero attached hydrogens (tertiary/aromatic N) is 2. The summed E-state index contributed by atoms with van der Waals surface area (Å²) in [5.74, 6) is 0.254. The lowest BCUT2D eigenvalue weighted by atomic mass is 10.2. The molecule has 1 aromatic heterocycles. The van der Waals surface area contributed by atoms with Gasteiger partial charge in [-0.1, -0.05) is 0 Å². The summed E-state index contributed by atoms with van der Waals surface area (Å²) >= 11 is 0. The number of aromatic nitrogens is 1. The van der Waals surface area contributed by atoms with Crippen LogP contribution in [0.25, 0.3) is 0 Å². The van der Waals surface area contributed by atoms with E-state index < -0.39 is 0 Å². The molecule has 1 aliphatic heterocycles. The van der Waals surface area contributed by atoms with Crippen LogP contribution in [-0.4, -0.2) is 48.7 Å². The molecule has 1 aromatic rings. The van der Waals surface area contributed by atoms with Crippen LogP contribution in [0, 0.1) is 0 Å². The van der Waals surface area contributed by atoms with Crippen molar-refractivity contribution in [3.63, 3.8) is 0 Å². The minimum Gasteiger partial charge on any atom is -0.490 e. The van der Waals surface area contributed by atoms with Gasteiger partial charge in [-0.2, -0.15) is 0 Å². The average molecular weight is 264 g/mol. The van der Waals surface area contributed by atoms with Crippen LogP contribution in [0.2, 0.25) is 0 Å². The smallest absolute Gasteiger partial charge is 0.339 e. The first-order chi connectivity index (χ1) is 9.20. The molecule has 0 saturated carbocycles. The number of pyridine rings is 1. The zero-order valence-electron chi connectivity index (χ0n) is 11.5. The molecule has 1 unspecified atom stereocenters. The molecular formula is C14H20N2O3. The molecular weight excluding hydrogens is 244 g/mol. The number of likely N-dealkylation sites (N-methyl/N-ethyl adjacent to an activating group) is 1. The normalized spacial score (nSPS) is 19.4. The van der Waals surface area contributed by atoms with Crippen LogP contribution in [0.3, 0.4) is 0 Å². The topological polar surface area (TPSA) is 51.7 Å². The lowest BCUT2D eigenvalue weighted by Crippen LogP contribution is -2.30.